The molecule has 4 aliphatic carbocycles. The van der Waals surface area contributed by atoms with Gasteiger partial charge in [0.05, 0.1) is 43.7 Å². The van der Waals surface area contributed by atoms with E-state index >= 15 is 0 Å². The SMILES string of the molecule is CO[C@H]1[C@H](O[C@H]2[C@H](OC[C@@H](C)[C@H](C)/C=C/[C@@H](C)[C@H]3C[C@@H](O)C4[C@]5(O)C[C@H](O)C6C[C@@H](O)CC[C@]6(C)C5CC[C@@]43C)OC[C@@H](O)[C@@H]2OS(=O)(=O)O)OC[C@@H](O)[C@@H]1O. The van der Waals surface area contributed by atoms with Crippen molar-refractivity contribution in [3.05, 3.63) is 12.2 Å². The van der Waals surface area contributed by atoms with Crippen LogP contribution in [0, 0.1) is 52.3 Å². The summed E-state index contributed by atoms with van der Waals surface area (Å²) in [5.74, 6) is -0.558. The molecule has 8 N–H and O–H groups in total. The fraction of sp³-hybridized carbons (Fsp3) is 0.949. The molecule has 3 unspecified atom stereocenters. The Labute approximate surface area is 330 Å². The van der Waals surface area contributed by atoms with Crippen molar-refractivity contribution in [1.82, 2.24) is 0 Å². The minimum Gasteiger partial charge on any atom is -0.393 e. The van der Waals surface area contributed by atoms with Crippen LogP contribution in [0.2, 0.25) is 0 Å². The normalized spacial score (nSPS) is 50.1. The maximum absolute atomic E-state index is 12.6. The third-order valence-corrected chi connectivity index (χ3v) is 15.6. The summed E-state index contributed by atoms with van der Waals surface area (Å²) in [6.07, 6.45) is -4.61. The summed E-state index contributed by atoms with van der Waals surface area (Å²) < 4.78 is 66.4. The van der Waals surface area contributed by atoms with Crippen molar-refractivity contribution in [1.29, 1.82) is 0 Å². The second kappa shape index (κ2) is 16.9. The summed E-state index contributed by atoms with van der Waals surface area (Å²) in [5, 5.41) is 77.3. The summed E-state index contributed by atoms with van der Waals surface area (Å²) >= 11 is 0. The molecule has 0 aromatic carbocycles. The van der Waals surface area contributed by atoms with Crippen molar-refractivity contribution < 1.29 is 76.6 Å². The average molecular weight is 823 g/mol. The molecule has 0 spiro atoms. The number of allylic oxidation sites excluding steroid dienone is 2. The Morgan fingerprint density at radius 1 is 0.821 bits per heavy atom. The van der Waals surface area contributed by atoms with E-state index < -0.39 is 90.1 Å². The highest BCUT2D eigenvalue weighted by Gasteiger charge is 2.70. The van der Waals surface area contributed by atoms with Crippen molar-refractivity contribution in [2.45, 2.75) is 153 Å². The first-order valence-electron chi connectivity index (χ1n) is 20.3. The van der Waals surface area contributed by atoms with Crippen molar-refractivity contribution in [2.75, 3.05) is 26.9 Å². The lowest BCUT2D eigenvalue weighted by atomic mass is 9.42. The predicted octanol–water partition coefficient (Wildman–Crippen LogP) is 0.927. The van der Waals surface area contributed by atoms with Crippen LogP contribution in [0.5, 0.6) is 0 Å². The number of ether oxygens (including phenoxy) is 5. The van der Waals surface area contributed by atoms with Gasteiger partial charge in [-0.3, -0.25) is 4.55 Å². The number of aliphatic hydroxyl groups is 7. The molecule has 6 fully saturated rings. The number of hydrogen-bond acceptors (Lipinski definition) is 15. The Morgan fingerprint density at radius 3 is 2.16 bits per heavy atom. The molecule has 0 radical (unpaired) electrons. The summed E-state index contributed by atoms with van der Waals surface area (Å²) in [5.41, 5.74) is -1.89. The van der Waals surface area contributed by atoms with E-state index in [9.17, 15) is 48.7 Å². The van der Waals surface area contributed by atoms with Gasteiger partial charge < -0.3 is 59.4 Å². The first kappa shape index (κ1) is 44.7. The summed E-state index contributed by atoms with van der Waals surface area (Å²) in [4.78, 5) is 0. The molecule has 6 rings (SSSR count). The molecule has 4 saturated carbocycles. The quantitative estimate of drug-likeness (QED) is 0.101. The van der Waals surface area contributed by atoms with Gasteiger partial charge in [0.15, 0.2) is 12.6 Å². The van der Waals surface area contributed by atoms with Crippen molar-refractivity contribution in [2.24, 2.45) is 52.3 Å². The van der Waals surface area contributed by atoms with Gasteiger partial charge in [0.1, 0.15) is 36.6 Å². The van der Waals surface area contributed by atoms with Gasteiger partial charge in [-0.25, -0.2) is 4.18 Å². The smallest absolute Gasteiger partial charge is 0.393 e. The zero-order chi connectivity index (χ0) is 41.1. The van der Waals surface area contributed by atoms with Crippen LogP contribution in [0.25, 0.3) is 0 Å². The molecule has 0 aromatic heterocycles. The minimum atomic E-state index is -5.07. The lowest BCUT2D eigenvalue weighted by molar-refractivity contribution is -0.344. The molecule has 0 bridgehead atoms. The topological polar surface area (TPSA) is 251 Å². The van der Waals surface area contributed by atoms with E-state index in [-0.39, 0.29) is 71.9 Å². The molecule has 0 aromatic rings. The Hall–Kier alpha value is -0.870. The lowest BCUT2D eigenvalue weighted by Crippen LogP contribution is -2.68. The molecule has 56 heavy (non-hydrogen) atoms. The van der Waals surface area contributed by atoms with Crippen LogP contribution >= 0.6 is 0 Å². The molecular weight excluding hydrogens is 756 g/mol. The number of fused-ring (bicyclic) bond motifs is 5. The van der Waals surface area contributed by atoms with Crippen LogP contribution in [-0.4, -0.2) is 149 Å². The van der Waals surface area contributed by atoms with Gasteiger partial charge in [-0.05, 0) is 84.9 Å². The Bertz CT molecular complexity index is 1480. The van der Waals surface area contributed by atoms with Gasteiger partial charge in [0.25, 0.3) is 0 Å². The Kier molecular flexibility index (Phi) is 13.5. The summed E-state index contributed by atoms with van der Waals surface area (Å²) in [6.45, 7) is 9.84. The number of methoxy groups -OCH3 is 1. The molecule has 17 heteroatoms. The van der Waals surface area contributed by atoms with E-state index in [4.69, 9.17) is 27.9 Å². The molecule has 16 nitrogen and oxygen atoms in total. The van der Waals surface area contributed by atoms with E-state index in [1.165, 1.54) is 7.11 Å². The van der Waals surface area contributed by atoms with E-state index in [0.717, 1.165) is 19.3 Å². The Balaban J connectivity index is 1.11. The second-order valence-electron chi connectivity index (χ2n) is 18.5. The van der Waals surface area contributed by atoms with Crippen molar-refractivity contribution in [3.8, 4) is 0 Å². The van der Waals surface area contributed by atoms with Crippen molar-refractivity contribution in [3.63, 3.8) is 0 Å². The van der Waals surface area contributed by atoms with E-state index in [2.05, 4.69) is 32.9 Å². The largest absolute Gasteiger partial charge is 0.397 e. The molecular formula is C39H66O16S. The lowest BCUT2D eigenvalue weighted by Gasteiger charge is -2.66. The van der Waals surface area contributed by atoms with Gasteiger partial charge in [-0.1, -0.05) is 46.8 Å². The molecule has 2 saturated heterocycles. The predicted molar refractivity (Wildman–Crippen MR) is 198 cm³/mol. The first-order chi connectivity index (χ1) is 26.1. The molecule has 21 atom stereocenters. The summed E-state index contributed by atoms with van der Waals surface area (Å²) in [7, 11) is -3.81. The maximum atomic E-state index is 12.6. The maximum Gasteiger partial charge on any atom is 0.397 e. The highest BCUT2D eigenvalue weighted by molar-refractivity contribution is 7.80. The first-order valence-corrected chi connectivity index (χ1v) is 21.7. The molecule has 2 aliphatic heterocycles. The van der Waals surface area contributed by atoms with Crippen LogP contribution < -0.4 is 0 Å². The number of hydrogen-bond donors (Lipinski definition) is 8. The monoisotopic (exact) mass is 822 g/mol. The highest BCUT2D eigenvalue weighted by atomic mass is 32.3. The molecule has 6 aliphatic rings. The van der Waals surface area contributed by atoms with Crippen LogP contribution in [0.3, 0.4) is 0 Å². The molecule has 2 heterocycles. The third kappa shape index (κ3) is 8.40. The Morgan fingerprint density at radius 2 is 1.48 bits per heavy atom. The van der Waals surface area contributed by atoms with E-state index in [1.54, 1.807) is 0 Å². The second-order valence-corrected chi connectivity index (χ2v) is 19.6. The average Bonchev–Trinajstić information content (AvgIpc) is 3.40. The fourth-order valence-electron chi connectivity index (χ4n) is 12.0. The van der Waals surface area contributed by atoms with Crippen LogP contribution in [0.15, 0.2) is 12.2 Å². The van der Waals surface area contributed by atoms with E-state index in [0.29, 0.717) is 19.3 Å². The van der Waals surface area contributed by atoms with Crippen LogP contribution in [0.4, 0.5) is 0 Å². The zero-order valence-electron chi connectivity index (χ0n) is 33.4. The van der Waals surface area contributed by atoms with Crippen LogP contribution in [-0.2, 0) is 38.3 Å². The molecule has 324 valence electrons. The van der Waals surface area contributed by atoms with Gasteiger partial charge in [0.2, 0.25) is 0 Å². The van der Waals surface area contributed by atoms with Crippen molar-refractivity contribution >= 4 is 10.4 Å². The minimum absolute atomic E-state index is 0.0334. The molecule has 0 amide bonds. The summed E-state index contributed by atoms with van der Waals surface area (Å²) in [6, 6.07) is 0. The third-order valence-electron chi connectivity index (χ3n) is 15.1. The number of aliphatic hydroxyl groups excluding tert-OH is 6. The number of rotatable bonds is 12. The van der Waals surface area contributed by atoms with Gasteiger partial charge in [0, 0.05) is 19.4 Å². The highest BCUT2D eigenvalue weighted by Crippen LogP contribution is 2.69. The fourth-order valence-corrected chi connectivity index (χ4v) is 12.5. The van der Waals surface area contributed by atoms with E-state index in [1.807, 2.05) is 13.8 Å². The zero-order valence-corrected chi connectivity index (χ0v) is 34.2. The standard InChI is InChI=1S/C39H66O16S/c1-19(21(3)16-51-35-33(31(28(44)18-52-35)55-56(47,48)49)54-36-32(50-6)30(45)27(43)17-53-36)7-8-20(2)23-14-25(41)34-38(23,5)12-10-29-37(4)11-9-22(40)13-24(37)26(42)15-39(29,34)46/h7-8,19-36,40-46H,9-18H2,1-6H3,(H,47,48,49)/b8-7+/t19-,20-,21-,22+,23-,24?,25-,26+,27-,28-,29?,30+,31+,32-,33-,34?,35-,36+,37+,38-,39+/m1/s1. The van der Waals surface area contributed by atoms with Crippen LogP contribution in [0.1, 0.15) is 79.6 Å². The van der Waals surface area contributed by atoms with Gasteiger partial charge in [-0.2, -0.15) is 8.42 Å². The van der Waals surface area contributed by atoms with Gasteiger partial charge in [-0.15, -0.1) is 0 Å². The van der Waals surface area contributed by atoms with Gasteiger partial charge >= 0.3 is 10.4 Å².